The molecule has 2 aromatic rings. The summed E-state index contributed by atoms with van der Waals surface area (Å²) in [5.74, 6) is 0.156. The Morgan fingerprint density at radius 3 is 2.78 bits per heavy atom. The number of hydrogen-bond acceptors (Lipinski definition) is 5. The third-order valence-corrected chi connectivity index (χ3v) is 3.77. The molecule has 0 saturated carbocycles. The average molecular weight is 333 g/mol. The number of rotatable bonds is 4. The number of halogens is 1. The van der Waals surface area contributed by atoms with E-state index in [1.165, 1.54) is 12.3 Å². The Morgan fingerprint density at radius 2 is 2.09 bits per heavy atom. The number of anilines is 1. The van der Waals surface area contributed by atoms with Gasteiger partial charge in [0.05, 0.1) is 13.2 Å². The van der Waals surface area contributed by atoms with Crippen LogP contribution >= 0.6 is 11.6 Å². The van der Waals surface area contributed by atoms with Gasteiger partial charge in [-0.25, -0.2) is 4.98 Å². The molecule has 0 spiro atoms. The van der Waals surface area contributed by atoms with Gasteiger partial charge in [0.25, 0.3) is 5.91 Å². The molecular formula is C16H17ClN4O2. The highest BCUT2D eigenvalue weighted by Gasteiger charge is 2.12. The lowest BCUT2D eigenvalue weighted by atomic mass is 10.2. The summed E-state index contributed by atoms with van der Waals surface area (Å²) in [6.07, 6.45) is 3.27. The van der Waals surface area contributed by atoms with E-state index in [0.717, 1.165) is 38.4 Å². The number of carbonyl (C=O) groups excluding carboxylic acids is 1. The number of pyridine rings is 2. The summed E-state index contributed by atoms with van der Waals surface area (Å²) in [5.41, 5.74) is 1.36. The second-order valence-electron chi connectivity index (χ2n) is 5.25. The molecule has 120 valence electrons. The Hall–Kier alpha value is -2.02. The standard InChI is InChI=1S/C16H17ClN4O2/c17-13-3-4-18-14(9-13)16(22)20-15-2-1-12(10-19-15)11-21-5-7-23-8-6-21/h1-4,9-10H,5-8,11H2,(H,19,20,22). The van der Waals surface area contributed by atoms with Crippen molar-refractivity contribution >= 4 is 23.3 Å². The van der Waals surface area contributed by atoms with Crippen LogP contribution in [0.4, 0.5) is 5.82 Å². The SMILES string of the molecule is O=C(Nc1ccc(CN2CCOCC2)cn1)c1cc(Cl)ccn1. The zero-order valence-electron chi connectivity index (χ0n) is 12.5. The number of hydrogen-bond donors (Lipinski definition) is 1. The summed E-state index contributed by atoms with van der Waals surface area (Å²) in [5, 5.41) is 3.18. The molecule has 7 heteroatoms. The summed E-state index contributed by atoms with van der Waals surface area (Å²) in [7, 11) is 0. The van der Waals surface area contributed by atoms with Gasteiger partial charge in [0.2, 0.25) is 0 Å². The molecule has 1 aliphatic rings. The normalized spacial score (nSPS) is 15.3. The Bertz CT molecular complexity index is 672. The highest BCUT2D eigenvalue weighted by Crippen LogP contribution is 2.12. The lowest BCUT2D eigenvalue weighted by molar-refractivity contribution is 0.0341. The quantitative estimate of drug-likeness (QED) is 0.929. The lowest BCUT2D eigenvalue weighted by Gasteiger charge is -2.26. The highest BCUT2D eigenvalue weighted by molar-refractivity contribution is 6.30. The van der Waals surface area contributed by atoms with Crippen molar-refractivity contribution in [1.29, 1.82) is 0 Å². The lowest BCUT2D eigenvalue weighted by Crippen LogP contribution is -2.35. The van der Waals surface area contributed by atoms with Gasteiger partial charge in [-0.05, 0) is 23.8 Å². The van der Waals surface area contributed by atoms with Crippen LogP contribution in [0.1, 0.15) is 16.1 Å². The van der Waals surface area contributed by atoms with Gasteiger partial charge in [-0.1, -0.05) is 17.7 Å². The third-order valence-electron chi connectivity index (χ3n) is 3.53. The minimum absolute atomic E-state index is 0.261. The van der Waals surface area contributed by atoms with E-state index in [9.17, 15) is 4.79 Å². The number of nitrogens with zero attached hydrogens (tertiary/aromatic N) is 3. The first-order valence-electron chi connectivity index (χ1n) is 7.39. The van der Waals surface area contributed by atoms with E-state index in [-0.39, 0.29) is 11.6 Å². The minimum Gasteiger partial charge on any atom is -0.379 e. The van der Waals surface area contributed by atoms with Gasteiger partial charge in [-0.2, -0.15) is 0 Å². The summed E-state index contributed by atoms with van der Waals surface area (Å²) < 4.78 is 5.33. The molecule has 0 atom stereocenters. The van der Waals surface area contributed by atoms with Crippen molar-refractivity contribution in [3.63, 3.8) is 0 Å². The van der Waals surface area contributed by atoms with Crippen LogP contribution in [0.25, 0.3) is 0 Å². The van der Waals surface area contributed by atoms with E-state index in [4.69, 9.17) is 16.3 Å². The number of morpholine rings is 1. The Morgan fingerprint density at radius 1 is 1.26 bits per heavy atom. The van der Waals surface area contributed by atoms with Crippen molar-refractivity contribution < 1.29 is 9.53 Å². The van der Waals surface area contributed by atoms with Crippen LogP contribution in [-0.4, -0.2) is 47.1 Å². The minimum atomic E-state index is -0.332. The van der Waals surface area contributed by atoms with Gasteiger partial charge in [0.15, 0.2) is 0 Å². The number of nitrogens with one attached hydrogen (secondary N) is 1. The predicted octanol–water partition coefficient (Wildman–Crippen LogP) is 2.21. The molecule has 3 rings (SSSR count). The van der Waals surface area contributed by atoms with E-state index in [2.05, 4.69) is 20.2 Å². The Kier molecular flexibility index (Phi) is 5.17. The van der Waals surface area contributed by atoms with Crippen LogP contribution in [0.3, 0.4) is 0 Å². The fourth-order valence-electron chi connectivity index (χ4n) is 2.32. The maximum atomic E-state index is 12.1. The van der Waals surface area contributed by atoms with Crippen LogP contribution in [0, 0.1) is 0 Å². The predicted molar refractivity (Wildman–Crippen MR) is 87.5 cm³/mol. The van der Waals surface area contributed by atoms with Gasteiger partial charge < -0.3 is 10.1 Å². The monoisotopic (exact) mass is 332 g/mol. The molecule has 1 aliphatic heterocycles. The van der Waals surface area contributed by atoms with E-state index in [1.807, 2.05) is 6.07 Å². The molecule has 2 aromatic heterocycles. The molecule has 0 bridgehead atoms. The Balaban J connectivity index is 1.59. The number of amides is 1. The summed E-state index contributed by atoms with van der Waals surface area (Å²) in [4.78, 5) is 22.7. The molecule has 0 unspecified atom stereocenters. The maximum absolute atomic E-state index is 12.1. The molecule has 1 amide bonds. The van der Waals surface area contributed by atoms with E-state index in [1.54, 1.807) is 18.3 Å². The molecule has 1 fully saturated rings. The van der Waals surface area contributed by atoms with Crippen LogP contribution in [0.15, 0.2) is 36.7 Å². The van der Waals surface area contributed by atoms with Crippen molar-refractivity contribution in [2.75, 3.05) is 31.6 Å². The summed E-state index contributed by atoms with van der Waals surface area (Å²) >= 11 is 5.86. The molecule has 23 heavy (non-hydrogen) atoms. The van der Waals surface area contributed by atoms with Gasteiger partial charge in [0, 0.05) is 37.1 Å². The molecule has 0 aromatic carbocycles. The van der Waals surface area contributed by atoms with E-state index >= 15 is 0 Å². The van der Waals surface area contributed by atoms with Crippen LogP contribution in [0.2, 0.25) is 5.02 Å². The van der Waals surface area contributed by atoms with Crippen molar-refractivity contribution in [3.8, 4) is 0 Å². The van der Waals surface area contributed by atoms with Crippen molar-refractivity contribution in [2.45, 2.75) is 6.54 Å². The smallest absolute Gasteiger partial charge is 0.275 e. The Labute approximate surface area is 139 Å². The average Bonchev–Trinajstić information content (AvgIpc) is 2.57. The van der Waals surface area contributed by atoms with Crippen molar-refractivity contribution in [3.05, 3.63) is 52.9 Å². The second kappa shape index (κ2) is 7.50. The number of aromatic nitrogens is 2. The van der Waals surface area contributed by atoms with Gasteiger partial charge >= 0.3 is 0 Å². The fourth-order valence-corrected chi connectivity index (χ4v) is 2.48. The molecule has 1 N–H and O–H groups in total. The van der Waals surface area contributed by atoms with Gasteiger partial charge in [0.1, 0.15) is 11.5 Å². The topological polar surface area (TPSA) is 67.4 Å². The largest absolute Gasteiger partial charge is 0.379 e. The van der Waals surface area contributed by atoms with Crippen molar-refractivity contribution in [2.24, 2.45) is 0 Å². The number of carbonyl (C=O) groups is 1. The van der Waals surface area contributed by atoms with Crippen LogP contribution < -0.4 is 5.32 Å². The molecule has 3 heterocycles. The summed E-state index contributed by atoms with van der Waals surface area (Å²) in [6.45, 7) is 4.24. The second-order valence-corrected chi connectivity index (χ2v) is 5.69. The molecule has 6 nitrogen and oxygen atoms in total. The van der Waals surface area contributed by atoms with Gasteiger partial charge in [-0.3, -0.25) is 14.7 Å². The first-order chi connectivity index (χ1) is 11.2. The first-order valence-corrected chi connectivity index (χ1v) is 7.76. The fraction of sp³-hybridized carbons (Fsp3) is 0.312. The first kappa shape index (κ1) is 15.9. The van der Waals surface area contributed by atoms with Crippen LogP contribution in [0.5, 0.6) is 0 Å². The molecular weight excluding hydrogens is 316 g/mol. The zero-order chi connectivity index (χ0) is 16.1. The van der Waals surface area contributed by atoms with Gasteiger partial charge in [-0.15, -0.1) is 0 Å². The summed E-state index contributed by atoms with van der Waals surface area (Å²) in [6, 6.07) is 6.89. The highest BCUT2D eigenvalue weighted by atomic mass is 35.5. The molecule has 0 aliphatic carbocycles. The van der Waals surface area contributed by atoms with E-state index < -0.39 is 0 Å². The third kappa shape index (κ3) is 4.48. The molecule has 1 saturated heterocycles. The number of ether oxygens (including phenoxy) is 1. The van der Waals surface area contributed by atoms with Crippen molar-refractivity contribution in [1.82, 2.24) is 14.9 Å². The van der Waals surface area contributed by atoms with E-state index in [0.29, 0.717) is 10.8 Å². The zero-order valence-corrected chi connectivity index (χ0v) is 13.3. The maximum Gasteiger partial charge on any atom is 0.275 e. The molecule has 0 radical (unpaired) electrons. The van der Waals surface area contributed by atoms with Crippen LogP contribution in [-0.2, 0) is 11.3 Å².